The second kappa shape index (κ2) is 10.6. The molecule has 1 atom stereocenters. The largest absolute Gasteiger partial charge is 0.463 e. The number of imidazole rings is 1. The molecule has 1 heterocycles. The summed E-state index contributed by atoms with van der Waals surface area (Å²) in [5, 5.41) is 0. The fourth-order valence-electron chi connectivity index (χ4n) is 2.27. The van der Waals surface area contributed by atoms with E-state index in [0.717, 1.165) is 13.0 Å². The van der Waals surface area contributed by atoms with Crippen molar-refractivity contribution in [2.45, 2.75) is 45.8 Å². The number of terminal acetylenes is 1. The number of aromatic nitrogens is 2. The predicted molar refractivity (Wildman–Crippen MR) is 98.1 cm³/mol. The summed E-state index contributed by atoms with van der Waals surface area (Å²) < 4.78 is 12.7. The molecule has 0 fully saturated rings. The maximum absolute atomic E-state index is 12.4. The van der Waals surface area contributed by atoms with Gasteiger partial charge in [-0.3, -0.25) is 4.79 Å². The molecule has 1 unspecified atom stereocenters. The van der Waals surface area contributed by atoms with Crippen LogP contribution in [0, 0.1) is 18.3 Å². The smallest absolute Gasteiger partial charge is 0.337 e. The standard InChI is InChI=1S/C19H29N3O4/c1-6-7-13-26-19(3,4)18(24)25-14-16(2)17(23)21(5)10-8-11-22-12-9-20-15-22/h1,9,12,15-16H,7-8,10-11,13-14H2,2-5H3. The Morgan fingerprint density at radius 2 is 2.15 bits per heavy atom. The first kappa shape index (κ1) is 21.7. The second-order valence-electron chi connectivity index (χ2n) is 6.73. The highest BCUT2D eigenvalue weighted by Gasteiger charge is 2.31. The molecule has 0 saturated heterocycles. The highest BCUT2D eigenvalue weighted by atomic mass is 16.6. The summed E-state index contributed by atoms with van der Waals surface area (Å²) in [6.07, 6.45) is 11.8. The number of aryl methyl sites for hydroxylation is 1. The zero-order chi connectivity index (χ0) is 19.6. The van der Waals surface area contributed by atoms with E-state index in [-0.39, 0.29) is 19.1 Å². The maximum Gasteiger partial charge on any atom is 0.337 e. The zero-order valence-corrected chi connectivity index (χ0v) is 16.1. The molecule has 0 aromatic carbocycles. The first-order valence-corrected chi connectivity index (χ1v) is 8.73. The fourth-order valence-corrected chi connectivity index (χ4v) is 2.27. The molecule has 0 spiro atoms. The first-order chi connectivity index (χ1) is 12.3. The van der Waals surface area contributed by atoms with E-state index >= 15 is 0 Å². The molecular formula is C19H29N3O4. The lowest BCUT2D eigenvalue weighted by molar-refractivity contribution is -0.170. The Hall–Kier alpha value is -2.33. The van der Waals surface area contributed by atoms with E-state index in [2.05, 4.69) is 10.9 Å². The van der Waals surface area contributed by atoms with Gasteiger partial charge in [-0.05, 0) is 20.3 Å². The summed E-state index contributed by atoms with van der Waals surface area (Å²) >= 11 is 0. The topological polar surface area (TPSA) is 73.7 Å². The van der Waals surface area contributed by atoms with Crippen LogP contribution in [0.5, 0.6) is 0 Å². The Bertz CT molecular complexity index is 605. The number of carbonyl (C=O) groups excluding carboxylic acids is 2. The van der Waals surface area contributed by atoms with Gasteiger partial charge in [0.2, 0.25) is 5.91 Å². The number of hydrogen-bond acceptors (Lipinski definition) is 5. The van der Waals surface area contributed by atoms with E-state index in [0.29, 0.717) is 13.0 Å². The van der Waals surface area contributed by atoms with Crippen molar-refractivity contribution in [3.8, 4) is 12.3 Å². The number of carbonyl (C=O) groups is 2. The number of rotatable bonds is 11. The minimum atomic E-state index is -1.09. The molecule has 1 aromatic rings. The molecule has 0 N–H and O–H groups in total. The summed E-state index contributed by atoms with van der Waals surface area (Å²) in [4.78, 5) is 30.1. The molecule has 1 amide bonds. The monoisotopic (exact) mass is 363 g/mol. The predicted octanol–water partition coefficient (Wildman–Crippen LogP) is 1.73. The maximum atomic E-state index is 12.4. The molecule has 0 aliphatic heterocycles. The summed E-state index contributed by atoms with van der Waals surface area (Å²) in [5.74, 6) is 1.47. The third-order valence-electron chi connectivity index (χ3n) is 3.93. The van der Waals surface area contributed by atoms with Crippen LogP contribution in [0.2, 0.25) is 0 Å². The highest BCUT2D eigenvalue weighted by molar-refractivity contribution is 5.80. The normalized spacial score (nSPS) is 12.3. The molecule has 1 aromatic heterocycles. The van der Waals surface area contributed by atoms with Crippen LogP contribution in [0.3, 0.4) is 0 Å². The summed E-state index contributed by atoms with van der Waals surface area (Å²) in [6.45, 7) is 6.72. The number of esters is 1. The lowest BCUT2D eigenvalue weighted by Crippen LogP contribution is -2.40. The zero-order valence-electron chi connectivity index (χ0n) is 16.1. The van der Waals surface area contributed by atoms with Crippen molar-refractivity contribution >= 4 is 11.9 Å². The van der Waals surface area contributed by atoms with Crippen LogP contribution in [-0.4, -0.2) is 58.7 Å². The Kier molecular flexibility index (Phi) is 8.86. The lowest BCUT2D eigenvalue weighted by Gasteiger charge is -2.25. The van der Waals surface area contributed by atoms with Crippen molar-refractivity contribution in [3.63, 3.8) is 0 Å². The van der Waals surface area contributed by atoms with Crippen LogP contribution in [0.25, 0.3) is 0 Å². The van der Waals surface area contributed by atoms with Gasteiger partial charge in [0.1, 0.15) is 6.61 Å². The van der Waals surface area contributed by atoms with Crippen molar-refractivity contribution in [1.29, 1.82) is 0 Å². The Morgan fingerprint density at radius 1 is 1.42 bits per heavy atom. The summed E-state index contributed by atoms with van der Waals surface area (Å²) in [6, 6.07) is 0. The van der Waals surface area contributed by atoms with E-state index in [9.17, 15) is 9.59 Å². The average Bonchev–Trinajstić information content (AvgIpc) is 3.12. The third-order valence-corrected chi connectivity index (χ3v) is 3.93. The van der Waals surface area contributed by atoms with Gasteiger partial charge in [-0.25, -0.2) is 9.78 Å². The van der Waals surface area contributed by atoms with E-state index < -0.39 is 17.5 Å². The number of hydrogen-bond donors (Lipinski definition) is 0. The molecular weight excluding hydrogens is 334 g/mol. The quantitative estimate of drug-likeness (QED) is 0.340. The van der Waals surface area contributed by atoms with Crippen molar-refractivity contribution < 1.29 is 19.1 Å². The van der Waals surface area contributed by atoms with Crippen molar-refractivity contribution in [3.05, 3.63) is 18.7 Å². The molecule has 7 heteroatoms. The van der Waals surface area contributed by atoms with E-state index in [4.69, 9.17) is 15.9 Å². The molecule has 0 bridgehead atoms. The molecule has 144 valence electrons. The number of nitrogens with zero attached hydrogens (tertiary/aromatic N) is 3. The SMILES string of the molecule is C#CCCOC(C)(C)C(=O)OCC(C)C(=O)N(C)CCCn1ccnc1. The van der Waals surface area contributed by atoms with Crippen LogP contribution in [0.4, 0.5) is 0 Å². The third kappa shape index (κ3) is 7.28. The van der Waals surface area contributed by atoms with Crippen molar-refractivity contribution in [1.82, 2.24) is 14.5 Å². The van der Waals surface area contributed by atoms with Crippen LogP contribution in [0.1, 0.15) is 33.6 Å². The van der Waals surface area contributed by atoms with Gasteiger partial charge in [0, 0.05) is 39.0 Å². The van der Waals surface area contributed by atoms with E-state index in [1.165, 1.54) is 0 Å². The molecule has 7 nitrogen and oxygen atoms in total. The van der Waals surface area contributed by atoms with Crippen LogP contribution >= 0.6 is 0 Å². The molecule has 1 rings (SSSR count). The Balaban J connectivity index is 2.33. The second-order valence-corrected chi connectivity index (χ2v) is 6.73. The summed E-state index contributed by atoms with van der Waals surface area (Å²) in [7, 11) is 1.75. The molecule has 0 aliphatic rings. The van der Waals surface area contributed by atoms with Gasteiger partial charge >= 0.3 is 5.97 Å². The first-order valence-electron chi connectivity index (χ1n) is 8.73. The number of amides is 1. The average molecular weight is 363 g/mol. The fraction of sp³-hybridized carbons (Fsp3) is 0.632. The molecule has 0 radical (unpaired) electrons. The molecule has 0 aliphatic carbocycles. The van der Waals surface area contributed by atoms with Gasteiger partial charge < -0.3 is 18.9 Å². The van der Waals surface area contributed by atoms with Crippen LogP contribution in [-0.2, 0) is 25.6 Å². The highest BCUT2D eigenvalue weighted by Crippen LogP contribution is 2.13. The van der Waals surface area contributed by atoms with Crippen molar-refractivity contribution in [2.75, 3.05) is 26.8 Å². The molecule has 26 heavy (non-hydrogen) atoms. The van der Waals surface area contributed by atoms with E-state index in [1.807, 2.05) is 10.8 Å². The van der Waals surface area contributed by atoms with Crippen LogP contribution in [0.15, 0.2) is 18.7 Å². The Labute approximate surface area is 155 Å². The van der Waals surface area contributed by atoms with Crippen molar-refractivity contribution in [2.24, 2.45) is 5.92 Å². The van der Waals surface area contributed by atoms with Gasteiger partial charge in [0.05, 0.1) is 18.9 Å². The lowest BCUT2D eigenvalue weighted by atomic mass is 10.1. The minimum absolute atomic E-state index is 0.0193. The molecule has 0 saturated carbocycles. The number of ether oxygens (including phenoxy) is 2. The van der Waals surface area contributed by atoms with Gasteiger partial charge in [0.25, 0.3) is 0 Å². The van der Waals surface area contributed by atoms with Gasteiger partial charge in [-0.2, -0.15) is 0 Å². The minimum Gasteiger partial charge on any atom is -0.463 e. The van der Waals surface area contributed by atoms with E-state index in [1.54, 1.807) is 45.2 Å². The van der Waals surface area contributed by atoms with Gasteiger partial charge in [-0.15, -0.1) is 12.3 Å². The van der Waals surface area contributed by atoms with Gasteiger partial charge in [0.15, 0.2) is 5.60 Å². The van der Waals surface area contributed by atoms with Crippen LogP contribution < -0.4 is 0 Å². The Morgan fingerprint density at radius 3 is 2.77 bits per heavy atom. The van der Waals surface area contributed by atoms with Gasteiger partial charge in [-0.1, -0.05) is 6.92 Å². The summed E-state index contributed by atoms with van der Waals surface area (Å²) in [5.41, 5.74) is -1.09.